The number of hydrogen-bond donors (Lipinski definition) is 2. The third-order valence-electron chi connectivity index (χ3n) is 2.43. The molecule has 0 saturated carbocycles. The Kier molecular flexibility index (Phi) is 4.30. The second-order valence-electron chi connectivity index (χ2n) is 4.05. The van der Waals surface area contributed by atoms with Crippen LogP contribution in [0.2, 0.25) is 0 Å². The molecule has 21 heavy (non-hydrogen) atoms. The highest BCUT2D eigenvalue weighted by Gasteiger charge is 2.63. The average Bonchev–Trinajstić information content (AvgIpc) is 2.28. The van der Waals surface area contributed by atoms with Crippen molar-refractivity contribution in [2.24, 2.45) is 5.14 Å². The summed E-state index contributed by atoms with van der Waals surface area (Å²) in [7, 11) is -4.20. The third kappa shape index (κ3) is 3.67. The number of hydrogen-bond acceptors (Lipinski definition) is 3. The van der Waals surface area contributed by atoms with Gasteiger partial charge in [0.15, 0.2) is 0 Å². The lowest BCUT2D eigenvalue weighted by molar-refractivity contribution is -0.267. The van der Waals surface area contributed by atoms with E-state index in [1.54, 1.807) is 0 Å². The van der Waals surface area contributed by atoms with Crippen LogP contribution >= 0.6 is 0 Å². The molecule has 1 rings (SSSR count). The zero-order chi connectivity index (χ0) is 16.6. The Morgan fingerprint density at radius 2 is 1.71 bits per heavy atom. The van der Waals surface area contributed by atoms with Gasteiger partial charge in [0, 0.05) is 5.69 Å². The van der Waals surface area contributed by atoms with E-state index in [9.17, 15) is 35.2 Å². The Balaban J connectivity index is 3.18. The minimum Gasteiger partial charge on any atom is -0.320 e. The summed E-state index contributed by atoms with van der Waals surface area (Å²) in [6.07, 6.45) is -6.07. The number of carbonyl (C=O) groups excluding carboxylic acids is 1. The molecule has 0 saturated heterocycles. The molecule has 1 aromatic rings. The third-order valence-corrected chi connectivity index (χ3v) is 3.34. The number of alkyl halides is 5. The highest BCUT2D eigenvalue weighted by atomic mass is 32.2. The quantitative estimate of drug-likeness (QED) is 0.827. The van der Waals surface area contributed by atoms with Gasteiger partial charge in [-0.1, -0.05) is 6.07 Å². The average molecular weight is 332 g/mol. The fraction of sp³-hybridized carbons (Fsp3) is 0.300. The van der Waals surface area contributed by atoms with Crippen molar-refractivity contribution in [2.75, 3.05) is 5.32 Å². The molecule has 5 nitrogen and oxygen atoms in total. The Hall–Kier alpha value is -1.75. The van der Waals surface area contributed by atoms with Gasteiger partial charge in [0.05, 0.1) is 4.90 Å². The summed E-state index contributed by atoms with van der Waals surface area (Å²) in [5.74, 6) is -8.23. The van der Waals surface area contributed by atoms with Gasteiger partial charge in [0.2, 0.25) is 10.0 Å². The fourth-order valence-corrected chi connectivity index (χ4v) is 1.78. The molecule has 0 aromatic heterocycles. The molecular formula is C10H9F5N2O3S. The molecule has 118 valence electrons. The van der Waals surface area contributed by atoms with Crippen LogP contribution in [0.15, 0.2) is 23.1 Å². The molecular weight excluding hydrogens is 323 g/mol. The number of nitrogens with one attached hydrogen (secondary N) is 1. The first-order chi connectivity index (χ1) is 9.26. The molecule has 3 N–H and O–H groups in total. The summed E-state index contributed by atoms with van der Waals surface area (Å²) >= 11 is 0. The lowest BCUT2D eigenvalue weighted by Crippen LogP contribution is -2.47. The first-order valence-corrected chi connectivity index (χ1v) is 6.71. The molecule has 1 aromatic carbocycles. The van der Waals surface area contributed by atoms with Crippen molar-refractivity contribution >= 4 is 21.6 Å². The number of primary sulfonamides is 1. The van der Waals surface area contributed by atoms with Crippen molar-refractivity contribution in [3.63, 3.8) is 0 Å². The lowest BCUT2D eigenvalue weighted by Gasteiger charge is -2.19. The van der Waals surface area contributed by atoms with Crippen LogP contribution in [-0.4, -0.2) is 26.4 Å². The van der Waals surface area contributed by atoms with Gasteiger partial charge >= 0.3 is 18.0 Å². The lowest BCUT2D eigenvalue weighted by atomic mass is 10.2. The van der Waals surface area contributed by atoms with E-state index >= 15 is 0 Å². The Morgan fingerprint density at radius 3 is 2.14 bits per heavy atom. The number of anilines is 1. The number of benzene rings is 1. The number of halogens is 5. The maximum Gasteiger partial charge on any atom is 0.463 e. The standard InChI is InChI=1S/C10H9F5N2O3S/c1-5-2-3-6(21(16,19)20)4-7(5)17-8(18)9(11,12)10(13,14)15/h2-4H,1H3,(H,17,18)(H2,16,19,20). The predicted molar refractivity (Wildman–Crippen MR) is 62.2 cm³/mol. The largest absolute Gasteiger partial charge is 0.463 e. The molecule has 0 fully saturated rings. The molecule has 0 heterocycles. The Morgan fingerprint density at radius 1 is 1.19 bits per heavy atom. The minimum atomic E-state index is -6.07. The number of sulfonamides is 1. The summed E-state index contributed by atoms with van der Waals surface area (Å²) in [6.45, 7) is 1.27. The fourth-order valence-electron chi connectivity index (χ4n) is 1.24. The van der Waals surface area contributed by atoms with Gasteiger partial charge in [0.1, 0.15) is 0 Å². The molecule has 0 aliphatic carbocycles. The van der Waals surface area contributed by atoms with Gasteiger partial charge in [-0.15, -0.1) is 0 Å². The summed E-state index contributed by atoms with van der Waals surface area (Å²) < 4.78 is 83.8. The SMILES string of the molecule is Cc1ccc(S(N)(=O)=O)cc1NC(=O)C(F)(F)C(F)(F)F. The monoisotopic (exact) mass is 332 g/mol. The number of amides is 1. The Bertz CT molecular complexity index is 670. The maximum atomic E-state index is 12.8. The van der Waals surface area contributed by atoms with Crippen molar-refractivity contribution in [3.05, 3.63) is 23.8 Å². The van der Waals surface area contributed by atoms with Crippen molar-refractivity contribution in [3.8, 4) is 0 Å². The summed E-state index contributed by atoms with van der Waals surface area (Å²) in [4.78, 5) is 10.5. The van der Waals surface area contributed by atoms with Gasteiger partial charge in [-0.25, -0.2) is 13.6 Å². The molecule has 1 amide bonds. The maximum absolute atomic E-state index is 12.8. The molecule has 0 bridgehead atoms. The summed E-state index contributed by atoms with van der Waals surface area (Å²) in [6, 6.07) is 2.80. The van der Waals surface area contributed by atoms with E-state index in [4.69, 9.17) is 5.14 Å². The minimum absolute atomic E-state index is 0.0775. The number of rotatable bonds is 3. The molecule has 0 aliphatic rings. The molecule has 11 heteroatoms. The molecule has 0 aliphatic heterocycles. The van der Waals surface area contributed by atoms with E-state index in [2.05, 4.69) is 0 Å². The highest BCUT2D eigenvalue weighted by molar-refractivity contribution is 7.89. The topological polar surface area (TPSA) is 89.3 Å². The Labute approximate surface area is 116 Å². The van der Waals surface area contributed by atoms with Crippen LogP contribution in [0.3, 0.4) is 0 Å². The zero-order valence-electron chi connectivity index (χ0n) is 10.3. The number of aryl methyl sites for hydroxylation is 1. The van der Waals surface area contributed by atoms with E-state index in [1.165, 1.54) is 12.2 Å². The van der Waals surface area contributed by atoms with Crippen LogP contribution in [0.25, 0.3) is 0 Å². The summed E-state index contributed by atoms with van der Waals surface area (Å²) in [5, 5.41) is 6.13. The number of carbonyl (C=O) groups is 1. The van der Waals surface area contributed by atoms with Gasteiger partial charge in [-0.05, 0) is 24.6 Å². The number of nitrogens with two attached hydrogens (primary N) is 1. The molecule has 0 atom stereocenters. The normalized spacial score (nSPS) is 13.1. The molecule has 0 unspecified atom stereocenters. The highest BCUT2D eigenvalue weighted by Crippen LogP contribution is 2.36. The van der Waals surface area contributed by atoms with Crippen molar-refractivity contribution in [2.45, 2.75) is 23.9 Å². The van der Waals surface area contributed by atoms with Crippen LogP contribution in [-0.2, 0) is 14.8 Å². The summed E-state index contributed by atoms with van der Waals surface area (Å²) in [5.41, 5.74) is -0.441. The van der Waals surface area contributed by atoms with Crippen molar-refractivity contribution < 1.29 is 35.2 Å². The second-order valence-corrected chi connectivity index (χ2v) is 5.61. The zero-order valence-corrected chi connectivity index (χ0v) is 11.1. The first kappa shape index (κ1) is 17.3. The van der Waals surface area contributed by atoms with E-state index in [1.807, 2.05) is 0 Å². The van der Waals surface area contributed by atoms with E-state index in [0.717, 1.165) is 12.1 Å². The van der Waals surface area contributed by atoms with Gasteiger partial charge in [-0.2, -0.15) is 22.0 Å². The van der Waals surface area contributed by atoms with Crippen LogP contribution in [0.5, 0.6) is 0 Å². The van der Waals surface area contributed by atoms with Gasteiger partial charge in [-0.3, -0.25) is 4.79 Å². The smallest absolute Gasteiger partial charge is 0.320 e. The second kappa shape index (κ2) is 5.22. The van der Waals surface area contributed by atoms with Gasteiger partial charge in [0.25, 0.3) is 0 Å². The van der Waals surface area contributed by atoms with E-state index < -0.39 is 38.6 Å². The van der Waals surface area contributed by atoms with Crippen molar-refractivity contribution in [1.82, 2.24) is 0 Å². The van der Waals surface area contributed by atoms with Crippen LogP contribution in [0.4, 0.5) is 27.6 Å². The molecule has 0 radical (unpaired) electrons. The first-order valence-electron chi connectivity index (χ1n) is 5.16. The van der Waals surface area contributed by atoms with Crippen LogP contribution in [0.1, 0.15) is 5.56 Å². The van der Waals surface area contributed by atoms with Crippen LogP contribution < -0.4 is 10.5 Å². The molecule has 0 spiro atoms. The van der Waals surface area contributed by atoms with E-state index in [-0.39, 0.29) is 5.56 Å². The van der Waals surface area contributed by atoms with E-state index in [0.29, 0.717) is 6.07 Å². The van der Waals surface area contributed by atoms with Gasteiger partial charge < -0.3 is 5.32 Å². The van der Waals surface area contributed by atoms with Crippen LogP contribution in [0, 0.1) is 6.92 Å². The van der Waals surface area contributed by atoms with Crippen molar-refractivity contribution in [1.29, 1.82) is 0 Å². The predicted octanol–water partition coefficient (Wildman–Crippen LogP) is 1.78.